The quantitative estimate of drug-likeness (QED) is 0.00762. The molecule has 0 spiro atoms. The Morgan fingerprint density at radius 2 is 1.04 bits per heavy atom. The number of para-hydroxylation sites is 2. The van der Waals surface area contributed by atoms with Gasteiger partial charge in [0.05, 0.1) is 25.8 Å². The third-order valence-corrected chi connectivity index (χ3v) is 26.1. The lowest BCUT2D eigenvalue weighted by molar-refractivity contribution is -0.143. The van der Waals surface area contributed by atoms with Crippen molar-refractivity contribution in [1.29, 1.82) is 5.41 Å². The van der Waals surface area contributed by atoms with Crippen molar-refractivity contribution in [3.8, 4) is 0 Å². The number of carbonyl (C=O) groups excluding carboxylic acids is 18. The molecule has 2 aliphatic rings. The molecule has 0 saturated carbocycles. The minimum atomic E-state index is -2.01. The molecule has 3 aromatic heterocycles. The van der Waals surface area contributed by atoms with Gasteiger partial charge < -0.3 is 143 Å². The van der Waals surface area contributed by atoms with Crippen LogP contribution in [-0.4, -0.2) is 310 Å². The number of nitrogens with zero attached hydrogens (tertiary/aromatic N) is 2. The second kappa shape index (κ2) is 58.9. The molecule has 1 saturated heterocycles. The van der Waals surface area contributed by atoms with Crippen molar-refractivity contribution in [2.24, 2.45) is 46.6 Å². The van der Waals surface area contributed by atoms with Gasteiger partial charge in [0.15, 0.2) is 5.96 Å². The molecule has 2 aliphatic heterocycles. The number of primary amides is 2. The van der Waals surface area contributed by atoms with Crippen LogP contribution in [0.25, 0.3) is 21.8 Å². The van der Waals surface area contributed by atoms with E-state index in [4.69, 9.17) is 28.3 Å². The van der Waals surface area contributed by atoms with Crippen LogP contribution in [0.15, 0.2) is 85.6 Å². The fourth-order valence-electron chi connectivity index (χ4n) is 16.0. The van der Waals surface area contributed by atoms with E-state index in [1.807, 2.05) is 0 Å². The van der Waals surface area contributed by atoms with Gasteiger partial charge in [-0.25, -0.2) is 9.78 Å². The number of hydrogen-bond donors (Lipinski definition) is 27. The smallest absolute Gasteiger partial charge is 0.326 e. The second-order valence-electron chi connectivity index (χ2n) is 36.7. The summed E-state index contributed by atoms with van der Waals surface area (Å²) in [7, 11) is 0. The van der Waals surface area contributed by atoms with E-state index in [2.05, 4.69) is 105 Å². The number of hydrogen-bond acceptors (Lipinski definition) is 26. The predicted octanol–water partition coefficient (Wildman–Crippen LogP) is -4.09. The fraction of sp³-hybridized carbons (Fsp3) is 0.543. The van der Waals surface area contributed by atoms with Gasteiger partial charge >= 0.3 is 17.9 Å². The Bertz CT molecular complexity index is 5480. The molecule has 31 N–H and O–H groups in total. The molecule has 798 valence electrons. The number of thioether (sulfide) groups is 2. The average molecular weight is 2080 g/mol. The summed E-state index contributed by atoms with van der Waals surface area (Å²) in [6.07, 6.45) is 4.03. The number of benzene rings is 2. The van der Waals surface area contributed by atoms with Crippen LogP contribution in [0.2, 0.25) is 0 Å². The number of carbonyl (C=O) groups is 21. The monoisotopic (exact) mass is 2080 g/mol. The zero-order valence-corrected chi connectivity index (χ0v) is 84.1. The summed E-state index contributed by atoms with van der Waals surface area (Å²) in [5.41, 5.74) is 24.6. The van der Waals surface area contributed by atoms with Crippen LogP contribution < -0.4 is 108 Å². The van der Waals surface area contributed by atoms with Gasteiger partial charge in [-0.1, -0.05) is 110 Å². The standard InChI is InChI=1S/C94H136N26O24S2/c1-9-50(8)78-91(141)113-62(34-47(2)3)82(132)112-65(38-75(127)128)84(134)116-67(44-145-32-14-15-33-146-45-68(87(137)119-78)115-80(130)60(26-29-74(125)126)108-88(138)69-23-17-31-120(69)92(142)66(106-73(124)43-104-72(123)39-95)36-52-41-103-57-21-13-11-19-55(52)57)86(136)111-64(37-53-42-100-46-105-53)85(135)118-76(48(4)5)89(139)109-59(24-27-70(96)121)79(129)107-58(22-16-30-101-94(98)99)81(131)117-77(49(6)7)90(140)114-63(35-51-40-102-56-20-12-10-18-54(51)56)83(133)110-61(93(143)144)25-28-71(97)122/h10-15,18-21,40-42,46-50,58-69,76-78,102-103H,9,16-17,22-39,43-45,95H2,1-8H3,(H2,96,121)(H2,97,122)(H,100,105)(H,104,123)(H,106,124)(H,107,129)(H,108,138)(H,109,139)(H,110,133)(H,111,136)(H,112,132)(H,113,141)(H,114,140)(H,115,130)(H,116,134)(H,117,131)(H,118,135)(H,119,137)(H,125,126)(H,127,128)(H,143,144)(H4,98,99,101)/b15-14-/t50-,58-,59-,60-,61-,62-,63-,64-,65-,66-,67-,68-,69-,76-,77-,78-/m0/s1. The number of amides is 18. The van der Waals surface area contributed by atoms with E-state index in [0.717, 1.165) is 34.4 Å². The molecule has 5 aromatic rings. The van der Waals surface area contributed by atoms with Crippen molar-refractivity contribution >= 4 is 176 Å². The zero-order chi connectivity index (χ0) is 108. The highest BCUT2D eigenvalue weighted by Crippen LogP contribution is 2.26. The molecular weight excluding hydrogens is 1940 g/mol. The largest absolute Gasteiger partial charge is 0.481 e. The molecule has 52 heteroatoms. The summed E-state index contributed by atoms with van der Waals surface area (Å²) in [5.74, 6) is -25.9. The molecule has 16 atom stereocenters. The fourth-order valence-corrected chi connectivity index (χ4v) is 17.8. The van der Waals surface area contributed by atoms with Gasteiger partial charge in [0.1, 0.15) is 90.6 Å². The van der Waals surface area contributed by atoms with Crippen molar-refractivity contribution < 1.29 is 116 Å². The Labute approximate surface area is 849 Å². The number of carboxylic acid groups (broad SMARTS) is 3. The number of imidazole rings is 1. The number of rotatable bonds is 51. The maximum Gasteiger partial charge on any atom is 0.326 e. The van der Waals surface area contributed by atoms with Crippen LogP contribution in [0.4, 0.5) is 0 Å². The van der Waals surface area contributed by atoms with Crippen LogP contribution in [0.5, 0.6) is 0 Å². The van der Waals surface area contributed by atoms with Crippen LogP contribution in [0.3, 0.4) is 0 Å². The highest BCUT2D eigenvalue weighted by atomic mass is 32.2. The molecule has 5 heterocycles. The van der Waals surface area contributed by atoms with Crippen molar-refractivity contribution in [2.45, 2.75) is 249 Å². The van der Waals surface area contributed by atoms with Gasteiger partial charge in [0, 0.05) is 121 Å². The topological polar surface area (TPSA) is 803 Å². The number of aromatic amines is 3. The first-order valence-electron chi connectivity index (χ1n) is 48.0. The normalized spacial score (nSPS) is 18.9. The van der Waals surface area contributed by atoms with Crippen molar-refractivity contribution in [2.75, 3.05) is 49.2 Å². The molecule has 0 radical (unpaired) electrons. The molecule has 18 amide bonds. The number of aliphatic carboxylic acids is 3. The van der Waals surface area contributed by atoms with Gasteiger partial charge in [-0.05, 0) is 98.3 Å². The summed E-state index contributed by atoms with van der Waals surface area (Å²) in [4.78, 5) is 309. The average Bonchev–Trinajstić information content (AvgIpc) is 1.65. The molecule has 0 unspecified atom stereocenters. The van der Waals surface area contributed by atoms with Gasteiger partial charge in [-0.3, -0.25) is 101 Å². The van der Waals surface area contributed by atoms with Crippen molar-refractivity contribution in [3.63, 3.8) is 0 Å². The van der Waals surface area contributed by atoms with Gasteiger partial charge in [0.25, 0.3) is 0 Å². The summed E-state index contributed by atoms with van der Waals surface area (Å²) in [6.45, 7) is 11.7. The van der Waals surface area contributed by atoms with E-state index < -0.39 is 309 Å². The number of carboxylic acids is 3. The first kappa shape index (κ1) is 118. The predicted molar refractivity (Wildman–Crippen MR) is 535 cm³/mol. The molecule has 2 aromatic carbocycles. The molecule has 146 heavy (non-hydrogen) atoms. The summed E-state index contributed by atoms with van der Waals surface area (Å²) < 4.78 is 0. The molecule has 7 rings (SSSR count). The Kier molecular flexibility index (Phi) is 47.7. The third kappa shape index (κ3) is 38.1. The number of nitrogens with two attached hydrogens (primary N) is 4. The molecular formula is C94H136N26O24S2. The Morgan fingerprint density at radius 3 is 1.60 bits per heavy atom. The van der Waals surface area contributed by atoms with Crippen LogP contribution in [0.1, 0.15) is 156 Å². The molecule has 50 nitrogen and oxygen atoms in total. The highest BCUT2D eigenvalue weighted by molar-refractivity contribution is 7.99. The third-order valence-electron chi connectivity index (χ3n) is 24.1. The number of H-pyrrole nitrogens is 3. The van der Waals surface area contributed by atoms with Gasteiger partial charge in [-0.15, -0.1) is 0 Å². The number of fused-ring (bicyclic) bond motifs is 2. The van der Waals surface area contributed by atoms with E-state index >= 15 is 9.59 Å². The zero-order valence-electron chi connectivity index (χ0n) is 82.5. The van der Waals surface area contributed by atoms with Crippen molar-refractivity contribution in [3.05, 3.63) is 102 Å². The van der Waals surface area contributed by atoms with Crippen LogP contribution in [-0.2, 0) is 120 Å². The molecule has 1 fully saturated rings. The first-order chi connectivity index (χ1) is 69.2. The number of guanidine groups is 1. The maximum atomic E-state index is 15.2. The van der Waals surface area contributed by atoms with Crippen LogP contribution in [0, 0.1) is 29.1 Å². The Balaban J connectivity index is 1.14. The summed E-state index contributed by atoms with van der Waals surface area (Å²) >= 11 is 2.08. The minimum Gasteiger partial charge on any atom is -0.481 e. The van der Waals surface area contributed by atoms with E-state index in [-0.39, 0.29) is 93.2 Å². The molecule has 0 bridgehead atoms. The van der Waals surface area contributed by atoms with E-state index in [1.165, 1.54) is 31.3 Å². The second-order valence-corrected chi connectivity index (χ2v) is 38.8. The lowest BCUT2D eigenvalue weighted by Crippen LogP contribution is -2.62. The first-order valence-corrected chi connectivity index (χ1v) is 50.3. The SMILES string of the molecule is CC[C@H](C)[C@@H]1NC(=O)[C@@H](NC(=O)[C@H](CCC(=O)O)NC(=O)[C@@H]2CCCN2C(=O)[C@H](Cc2c[nH]c3ccccc23)NC(=O)CNC(=O)CN)CSC/C=C\CSC[C@@H](C(=O)N[C@@H](Cc2cnc[nH]2)C(=O)N[C@H](C(=O)N[C@@H](CCC(N)=O)C(=O)N[C@@H](CCCNC(=N)N)C(=O)N[C@H](C(=O)N[C@@H](Cc2c[nH]c3ccccc23)C(=O)N[C@@H](CCC(N)=O)C(=O)O)C(C)C)C(C)C)NC(=O)[C@H](CC(=O)O)NC(=O)[C@H](CC(C)C)NC1=O. The van der Waals surface area contributed by atoms with Crippen LogP contribution >= 0.6 is 23.5 Å². The summed E-state index contributed by atoms with van der Waals surface area (Å²) in [6, 6.07) is -10.0. The van der Waals surface area contributed by atoms with E-state index in [0.29, 0.717) is 22.0 Å². The highest BCUT2D eigenvalue weighted by Gasteiger charge is 2.44. The summed E-state index contributed by atoms with van der Waals surface area (Å²) in [5, 5.41) is 80.6. The lowest BCUT2D eigenvalue weighted by Gasteiger charge is -2.31. The number of nitrogens with one attached hydrogen (secondary N) is 20. The maximum absolute atomic E-state index is 15.2. The minimum absolute atomic E-state index is 0.00399. The van der Waals surface area contributed by atoms with Gasteiger partial charge in [0.2, 0.25) is 106 Å². The lowest BCUT2D eigenvalue weighted by atomic mass is 9.96. The van der Waals surface area contributed by atoms with Crippen molar-refractivity contribution in [1.82, 2.24) is 110 Å². The van der Waals surface area contributed by atoms with E-state index in [1.54, 1.807) is 115 Å². The van der Waals surface area contributed by atoms with Gasteiger partial charge in [-0.2, -0.15) is 23.5 Å². The van der Waals surface area contributed by atoms with E-state index in [9.17, 15) is 106 Å². The molecule has 0 aliphatic carbocycles. The Hall–Kier alpha value is -14.7. The number of likely N-dealkylation sites (tertiary alicyclic amines) is 1. The Morgan fingerprint density at radius 1 is 0.527 bits per heavy atom. The number of aromatic nitrogens is 4.